The lowest BCUT2D eigenvalue weighted by Gasteiger charge is -2.00. The van der Waals surface area contributed by atoms with Gasteiger partial charge in [-0.1, -0.05) is 6.07 Å². The van der Waals surface area contributed by atoms with E-state index in [-0.39, 0.29) is 5.69 Å². The number of hydrogen-bond acceptors (Lipinski definition) is 4. The first kappa shape index (κ1) is 10.2. The molecule has 0 aliphatic heterocycles. The van der Waals surface area contributed by atoms with Gasteiger partial charge >= 0.3 is 5.97 Å². The number of H-pyrrole nitrogens is 1. The lowest BCUT2D eigenvalue weighted by molar-refractivity contribution is 0.0691. The number of ether oxygens (including phenoxy) is 1. The second kappa shape index (κ2) is 4.01. The molecule has 0 aromatic carbocycles. The van der Waals surface area contributed by atoms with Crippen LogP contribution in [0.25, 0.3) is 11.5 Å². The molecule has 2 aromatic heterocycles. The maximum Gasteiger partial charge on any atom is 0.353 e. The lowest BCUT2D eigenvalue weighted by atomic mass is 10.3. The van der Waals surface area contributed by atoms with E-state index in [2.05, 4.69) is 15.0 Å². The number of hydrogen-bond donors (Lipinski definition) is 2. The molecular weight excluding hydrogens is 210 g/mol. The highest BCUT2D eigenvalue weighted by Gasteiger charge is 2.09. The van der Waals surface area contributed by atoms with E-state index in [0.29, 0.717) is 17.4 Å². The second-order valence-electron chi connectivity index (χ2n) is 3.02. The van der Waals surface area contributed by atoms with Crippen LogP contribution in [0.15, 0.2) is 24.4 Å². The molecule has 0 amide bonds. The number of carboxylic acid groups (broad SMARTS) is 1. The van der Waals surface area contributed by atoms with E-state index in [9.17, 15) is 4.79 Å². The molecule has 2 rings (SSSR count). The van der Waals surface area contributed by atoms with Crippen molar-refractivity contribution >= 4 is 5.97 Å². The second-order valence-corrected chi connectivity index (χ2v) is 3.02. The summed E-state index contributed by atoms with van der Waals surface area (Å²) in [5.74, 6) is -0.205. The van der Waals surface area contributed by atoms with Gasteiger partial charge < -0.3 is 14.8 Å². The number of aromatic nitrogens is 3. The van der Waals surface area contributed by atoms with Crippen molar-refractivity contribution < 1.29 is 14.6 Å². The number of nitrogens with zero attached hydrogens (tertiary/aromatic N) is 2. The van der Waals surface area contributed by atoms with Gasteiger partial charge in [0.15, 0.2) is 5.82 Å². The summed E-state index contributed by atoms with van der Waals surface area (Å²) in [5, 5.41) is 8.73. The van der Waals surface area contributed by atoms with E-state index in [1.807, 2.05) is 0 Å². The van der Waals surface area contributed by atoms with Gasteiger partial charge in [0.2, 0.25) is 5.88 Å². The van der Waals surface area contributed by atoms with E-state index in [1.54, 1.807) is 18.2 Å². The van der Waals surface area contributed by atoms with Crippen molar-refractivity contribution in [1.29, 1.82) is 0 Å². The summed E-state index contributed by atoms with van der Waals surface area (Å²) in [4.78, 5) is 21.4. The van der Waals surface area contributed by atoms with Gasteiger partial charge in [0, 0.05) is 6.07 Å². The topological polar surface area (TPSA) is 88.1 Å². The quantitative estimate of drug-likeness (QED) is 0.809. The SMILES string of the molecule is COc1cccc(-c2ncc(C(=O)O)[nH]2)n1. The molecule has 0 unspecified atom stereocenters. The Balaban J connectivity index is 2.38. The number of aromatic amines is 1. The van der Waals surface area contributed by atoms with Crippen LogP contribution in [0.1, 0.15) is 10.5 Å². The Morgan fingerprint density at radius 1 is 1.50 bits per heavy atom. The van der Waals surface area contributed by atoms with Crippen LogP contribution in [-0.4, -0.2) is 33.1 Å². The molecule has 0 saturated heterocycles. The largest absolute Gasteiger partial charge is 0.481 e. The van der Waals surface area contributed by atoms with Crippen LogP contribution in [-0.2, 0) is 0 Å². The zero-order chi connectivity index (χ0) is 11.5. The molecule has 0 atom stereocenters. The van der Waals surface area contributed by atoms with Crippen molar-refractivity contribution in [3.63, 3.8) is 0 Å². The number of nitrogens with one attached hydrogen (secondary N) is 1. The van der Waals surface area contributed by atoms with Crippen LogP contribution in [0.3, 0.4) is 0 Å². The molecule has 2 aromatic rings. The summed E-state index contributed by atoms with van der Waals surface area (Å²) < 4.78 is 4.96. The highest BCUT2D eigenvalue weighted by atomic mass is 16.5. The van der Waals surface area contributed by atoms with Crippen molar-refractivity contribution in [1.82, 2.24) is 15.0 Å². The zero-order valence-corrected chi connectivity index (χ0v) is 8.47. The van der Waals surface area contributed by atoms with E-state index in [1.165, 1.54) is 13.3 Å². The van der Waals surface area contributed by atoms with Crippen molar-refractivity contribution in [3.05, 3.63) is 30.1 Å². The van der Waals surface area contributed by atoms with Crippen LogP contribution in [0.5, 0.6) is 5.88 Å². The maximum absolute atomic E-state index is 10.7. The maximum atomic E-state index is 10.7. The molecule has 0 radical (unpaired) electrons. The van der Waals surface area contributed by atoms with Crippen molar-refractivity contribution in [2.75, 3.05) is 7.11 Å². The standard InChI is InChI=1S/C10H9N3O3/c1-16-8-4-2-3-6(12-8)9-11-5-7(13-9)10(14)15/h2-5H,1H3,(H,11,13)(H,14,15). The van der Waals surface area contributed by atoms with E-state index in [0.717, 1.165) is 0 Å². The van der Waals surface area contributed by atoms with Crippen LogP contribution < -0.4 is 4.74 Å². The summed E-state index contributed by atoms with van der Waals surface area (Å²) in [6, 6.07) is 5.17. The first-order valence-electron chi connectivity index (χ1n) is 4.50. The molecule has 2 heterocycles. The minimum Gasteiger partial charge on any atom is -0.481 e. The van der Waals surface area contributed by atoms with Gasteiger partial charge in [0.05, 0.1) is 13.3 Å². The molecule has 0 aliphatic rings. The number of methoxy groups -OCH3 is 1. The monoisotopic (exact) mass is 219 g/mol. The third-order valence-electron chi connectivity index (χ3n) is 1.98. The van der Waals surface area contributed by atoms with Gasteiger partial charge in [0.1, 0.15) is 11.4 Å². The number of pyridine rings is 1. The fourth-order valence-electron chi connectivity index (χ4n) is 1.22. The summed E-state index contributed by atoms with van der Waals surface area (Å²) >= 11 is 0. The third kappa shape index (κ3) is 1.85. The minimum atomic E-state index is -1.05. The Morgan fingerprint density at radius 2 is 2.31 bits per heavy atom. The van der Waals surface area contributed by atoms with Crippen molar-refractivity contribution in [2.24, 2.45) is 0 Å². The molecule has 0 saturated carbocycles. The molecule has 2 N–H and O–H groups in total. The van der Waals surface area contributed by atoms with Crippen molar-refractivity contribution in [3.8, 4) is 17.4 Å². The van der Waals surface area contributed by atoms with Gasteiger partial charge in [-0.15, -0.1) is 0 Å². The number of carbonyl (C=O) groups is 1. The van der Waals surface area contributed by atoms with Gasteiger partial charge in [-0.05, 0) is 6.07 Å². The van der Waals surface area contributed by atoms with E-state index < -0.39 is 5.97 Å². The molecule has 0 bridgehead atoms. The Labute approximate surface area is 90.9 Å². The molecule has 6 heteroatoms. The first-order valence-corrected chi connectivity index (χ1v) is 4.50. The number of aromatic carboxylic acids is 1. The average molecular weight is 219 g/mol. The Hall–Kier alpha value is -2.37. The summed E-state index contributed by atoms with van der Waals surface area (Å²) in [6.07, 6.45) is 1.25. The molecule has 0 aliphatic carbocycles. The fraction of sp³-hybridized carbons (Fsp3) is 0.100. The predicted molar refractivity (Wildman–Crippen MR) is 55.3 cm³/mol. The molecule has 82 valence electrons. The third-order valence-corrected chi connectivity index (χ3v) is 1.98. The number of carboxylic acids is 1. The fourth-order valence-corrected chi connectivity index (χ4v) is 1.22. The Kier molecular flexibility index (Phi) is 2.55. The molecular formula is C10H9N3O3. The van der Waals surface area contributed by atoms with Gasteiger partial charge in [-0.3, -0.25) is 0 Å². The Bertz CT molecular complexity index is 522. The van der Waals surface area contributed by atoms with Gasteiger partial charge in [-0.25, -0.2) is 14.8 Å². The Morgan fingerprint density at radius 3 is 2.94 bits per heavy atom. The number of rotatable bonds is 3. The van der Waals surface area contributed by atoms with Crippen LogP contribution in [0, 0.1) is 0 Å². The van der Waals surface area contributed by atoms with Gasteiger partial charge in [0.25, 0.3) is 0 Å². The average Bonchev–Trinajstić information content (AvgIpc) is 2.78. The molecule has 0 spiro atoms. The van der Waals surface area contributed by atoms with Crippen LogP contribution in [0.4, 0.5) is 0 Å². The first-order chi connectivity index (χ1) is 7.70. The van der Waals surface area contributed by atoms with Crippen LogP contribution in [0.2, 0.25) is 0 Å². The van der Waals surface area contributed by atoms with Gasteiger partial charge in [-0.2, -0.15) is 0 Å². The molecule has 6 nitrogen and oxygen atoms in total. The molecule has 0 fully saturated rings. The molecule has 16 heavy (non-hydrogen) atoms. The van der Waals surface area contributed by atoms with Crippen molar-refractivity contribution in [2.45, 2.75) is 0 Å². The normalized spacial score (nSPS) is 10.1. The summed E-state index contributed by atoms with van der Waals surface area (Å²) in [6.45, 7) is 0. The smallest absolute Gasteiger partial charge is 0.353 e. The number of imidazole rings is 1. The highest BCUT2D eigenvalue weighted by molar-refractivity contribution is 5.85. The van der Waals surface area contributed by atoms with E-state index >= 15 is 0 Å². The summed E-state index contributed by atoms with van der Waals surface area (Å²) in [7, 11) is 1.51. The minimum absolute atomic E-state index is 0.0274. The lowest BCUT2D eigenvalue weighted by Crippen LogP contribution is -1.96. The van der Waals surface area contributed by atoms with Crippen LogP contribution >= 0.6 is 0 Å². The predicted octanol–water partition coefficient (Wildman–Crippen LogP) is 1.18. The summed E-state index contributed by atoms with van der Waals surface area (Å²) in [5.41, 5.74) is 0.562. The van der Waals surface area contributed by atoms with E-state index in [4.69, 9.17) is 9.84 Å². The highest BCUT2D eigenvalue weighted by Crippen LogP contribution is 2.16. The zero-order valence-electron chi connectivity index (χ0n) is 8.47.